The molecule has 0 radical (unpaired) electrons. The van der Waals surface area contributed by atoms with E-state index in [-0.39, 0.29) is 0 Å². The monoisotopic (exact) mass is 266 g/mol. The zero-order valence-corrected chi connectivity index (χ0v) is 10.9. The molecule has 0 saturated heterocycles. The van der Waals surface area contributed by atoms with Gasteiger partial charge in [-0.1, -0.05) is 53.2 Å². The summed E-state index contributed by atoms with van der Waals surface area (Å²) in [6, 6.07) is 10.9. The molecule has 1 aliphatic rings. The van der Waals surface area contributed by atoms with Crippen molar-refractivity contribution in [2.24, 2.45) is 11.8 Å². The lowest BCUT2D eigenvalue weighted by Crippen LogP contribution is -2.25. The van der Waals surface area contributed by atoms with Crippen molar-refractivity contribution in [1.82, 2.24) is 0 Å². The van der Waals surface area contributed by atoms with Crippen LogP contribution in [-0.2, 0) is 6.42 Å². The fraction of sp³-hybridized carbons (Fsp3) is 0.571. The molecule has 3 unspecified atom stereocenters. The Morgan fingerprint density at radius 1 is 1.20 bits per heavy atom. The maximum atomic E-state index is 3.84. The lowest BCUT2D eigenvalue weighted by atomic mass is 9.79. The summed E-state index contributed by atoms with van der Waals surface area (Å²) in [4.78, 5) is 0.730. The molecular weight excluding hydrogens is 248 g/mol. The first-order chi connectivity index (χ1) is 7.25. The van der Waals surface area contributed by atoms with Crippen LogP contribution in [0.15, 0.2) is 30.3 Å². The van der Waals surface area contributed by atoms with Gasteiger partial charge in [0.25, 0.3) is 0 Å². The van der Waals surface area contributed by atoms with Crippen molar-refractivity contribution >= 4 is 15.9 Å². The molecule has 0 nitrogen and oxygen atoms in total. The van der Waals surface area contributed by atoms with E-state index in [1.165, 1.54) is 31.2 Å². The molecule has 82 valence electrons. The van der Waals surface area contributed by atoms with E-state index in [9.17, 15) is 0 Å². The van der Waals surface area contributed by atoms with Crippen LogP contribution in [0.5, 0.6) is 0 Å². The Hall–Kier alpha value is -0.300. The molecule has 0 heterocycles. The van der Waals surface area contributed by atoms with Gasteiger partial charge in [0.1, 0.15) is 0 Å². The van der Waals surface area contributed by atoms with Crippen molar-refractivity contribution < 1.29 is 0 Å². The van der Waals surface area contributed by atoms with E-state index >= 15 is 0 Å². The average molecular weight is 267 g/mol. The second kappa shape index (κ2) is 5.16. The van der Waals surface area contributed by atoms with Gasteiger partial charge in [-0.05, 0) is 43.1 Å². The van der Waals surface area contributed by atoms with Gasteiger partial charge in [-0.3, -0.25) is 0 Å². The molecule has 1 aliphatic carbocycles. The summed E-state index contributed by atoms with van der Waals surface area (Å²) < 4.78 is 0. The van der Waals surface area contributed by atoms with Gasteiger partial charge in [-0.2, -0.15) is 0 Å². The maximum absolute atomic E-state index is 3.84. The smallest absolute Gasteiger partial charge is 0.0177 e. The van der Waals surface area contributed by atoms with Crippen molar-refractivity contribution in [2.75, 3.05) is 0 Å². The zero-order valence-electron chi connectivity index (χ0n) is 9.33. The number of halogens is 1. The van der Waals surface area contributed by atoms with E-state index in [0.29, 0.717) is 0 Å². The highest BCUT2D eigenvalue weighted by atomic mass is 79.9. The molecule has 1 aromatic carbocycles. The van der Waals surface area contributed by atoms with Crippen molar-refractivity contribution in [3.63, 3.8) is 0 Å². The number of alkyl halides is 1. The van der Waals surface area contributed by atoms with E-state index in [1.54, 1.807) is 0 Å². The minimum Gasteiger partial charge on any atom is -0.0888 e. The summed E-state index contributed by atoms with van der Waals surface area (Å²) in [6.45, 7) is 2.39. The molecule has 1 heteroatoms. The van der Waals surface area contributed by atoms with Crippen molar-refractivity contribution in [3.05, 3.63) is 35.9 Å². The van der Waals surface area contributed by atoms with Gasteiger partial charge < -0.3 is 0 Å². The van der Waals surface area contributed by atoms with Crippen LogP contribution < -0.4 is 0 Å². The number of hydrogen-bond acceptors (Lipinski definition) is 0. The molecule has 0 aromatic heterocycles. The first-order valence-electron chi connectivity index (χ1n) is 5.93. The van der Waals surface area contributed by atoms with Crippen LogP contribution in [0.4, 0.5) is 0 Å². The van der Waals surface area contributed by atoms with E-state index in [2.05, 4.69) is 53.2 Å². The Morgan fingerprint density at radius 2 is 1.93 bits per heavy atom. The minimum atomic E-state index is 0.730. The van der Waals surface area contributed by atoms with Crippen LogP contribution in [0.2, 0.25) is 0 Å². The Labute approximate surface area is 101 Å². The largest absolute Gasteiger partial charge is 0.0888 e. The molecule has 0 N–H and O–H groups in total. The Kier molecular flexibility index (Phi) is 3.85. The first-order valence-corrected chi connectivity index (χ1v) is 6.85. The Bertz CT molecular complexity index is 293. The van der Waals surface area contributed by atoms with E-state index < -0.39 is 0 Å². The SMILES string of the molecule is CC1CCC(Br)C(Cc2ccccc2)C1. The van der Waals surface area contributed by atoms with Gasteiger partial charge >= 0.3 is 0 Å². The van der Waals surface area contributed by atoms with E-state index in [0.717, 1.165) is 16.7 Å². The second-order valence-electron chi connectivity index (χ2n) is 4.88. The highest BCUT2D eigenvalue weighted by Gasteiger charge is 2.26. The second-order valence-corrected chi connectivity index (χ2v) is 6.06. The fourth-order valence-corrected chi connectivity index (χ4v) is 3.26. The zero-order chi connectivity index (χ0) is 10.7. The van der Waals surface area contributed by atoms with Crippen LogP contribution in [0.25, 0.3) is 0 Å². The highest BCUT2D eigenvalue weighted by molar-refractivity contribution is 9.09. The number of rotatable bonds is 2. The molecule has 3 atom stereocenters. The van der Waals surface area contributed by atoms with E-state index in [4.69, 9.17) is 0 Å². The fourth-order valence-electron chi connectivity index (χ4n) is 2.59. The van der Waals surface area contributed by atoms with Gasteiger partial charge in [0.2, 0.25) is 0 Å². The summed E-state index contributed by atoms with van der Waals surface area (Å²) in [5.41, 5.74) is 1.49. The lowest BCUT2D eigenvalue weighted by Gasteiger charge is -2.31. The average Bonchev–Trinajstić information content (AvgIpc) is 2.25. The lowest BCUT2D eigenvalue weighted by molar-refractivity contribution is 0.294. The van der Waals surface area contributed by atoms with Gasteiger partial charge in [0.05, 0.1) is 0 Å². The van der Waals surface area contributed by atoms with Gasteiger partial charge in [0.15, 0.2) is 0 Å². The Balaban J connectivity index is 1.98. The standard InChI is InChI=1S/C14H19Br/c1-11-7-8-14(15)13(9-11)10-12-5-3-2-4-6-12/h2-6,11,13-14H,7-10H2,1H3. The molecule has 0 bridgehead atoms. The molecule has 0 spiro atoms. The molecule has 1 aromatic rings. The molecule has 0 amide bonds. The summed E-state index contributed by atoms with van der Waals surface area (Å²) in [6.07, 6.45) is 5.35. The van der Waals surface area contributed by atoms with Crippen LogP contribution in [0.3, 0.4) is 0 Å². The molecule has 1 fully saturated rings. The van der Waals surface area contributed by atoms with Crippen molar-refractivity contribution in [1.29, 1.82) is 0 Å². The summed E-state index contributed by atoms with van der Waals surface area (Å²) in [5, 5.41) is 0. The summed E-state index contributed by atoms with van der Waals surface area (Å²) >= 11 is 3.84. The van der Waals surface area contributed by atoms with Crippen LogP contribution >= 0.6 is 15.9 Å². The summed E-state index contributed by atoms with van der Waals surface area (Å²) in [7, 11) is 0. The van der Waals surface area contributed by atoms with Crippen LogP contribution in [-0.4, -0.2) is 4.83 Å². The third kappa shape index (κ3) is 3.07. The van der Waals surface area contributed by atoms with Crippen molar-refractivity contribution in [2.45, 2.75) is 37.4 Å². The van der Waals surface area contributed by atoms with Gasteiger partial charge in [-0.15, -0.1) is 0 Å². The van der Waals surface area contributed by atoms with Crippen LogP contribution in [0.1, 0.15) is 31.7 Å². The first kappa shape index (κ1) is 11.2. The number of hydrogen-bond donors (Lipinski definition) is 0. The molecule has 15 heavy (non-hydrogen) atoms. The van der Waals surface area contributed by atoms with Crippen molar-refractivity contribution in [3.8, 4) is 0 Å². The van der Waals surface area contributed by atoms with E-state index in [1.807, 2.05) is 0 Å². The molecular formula is C14H19Br. The highest BCUT2D eigenvalue weighted by Crippen LogP contribution is 2.35. The predicted molar refractivity (Wildman–Crippen MR) is 69.4 cm³/mol. The maximum Gasteiger partial charge on any atom is 0.0177 e. The summed E-state index contributed by atoms with van der Waals surface area (Å²) in [5.74, 6) is 1.74. The normalized spacial score (nSPS) is 31.5. The topological polar surface area (TPSA) is 0 Å². The quantitative estimate of drug-likeness (QED) is 0.695. The Morgan fingerprint density at radius 3 is 2.67 bits per heavy atom. The molecule has 1 saturated carbocycles. The third-order valence-corrected chi connectivity index (χ3v) is 4.70. The third-order valence-electron chi connectivity index (χ3n) is 3.49. The van der Waals surface area contributed by atoms with Gasteiger partial charge in [-0.25, -0.2) is 0 Å². The van der Waals surface area contributed by atoms with Crippen LogP contribution in [0, 0.1) is 11.8 Å². The number of benzene rings is 1. The minimum absolute atomic E-state index is 0.730. The van der Waals surface area contributed by atoms with Gasteiger partial charge in [0, 0.05) is 4.83 Å². The molecule has 2 rings (SSSR count). The molecule has 0 aliphatic heterocycles. The predicted octanol–water partition coefficient (Wildman–Crippen LogP) is 4.43.